The summed E-state index contributed by atoms with van der Waals surface area (Å²) in [6.07, 6.45) is 0. The lowest BCUT2D eigenvalue weighted by molar-refractivity contribution is 0.0950. The van der Waals surface area contributed by atoms with Gasteiger partial charge in [-0.2, -0.15) is 0 Å². The van der Waals surface area contributed by atoms with Crippen molar-refractivity contribution in [3.05, 3.63) is 63.6 Å². The highest BCUT2D eigenvalue weighted by Crippen LogP contribution is 2.16. The maximum absolute atomic E-state index is 12.0. The summed E-state index contributed by atoms with van der Waals surface area (Å²) in [5.41, 5.74) is 1.60. The van der Waals surface area contributed by atoms with Gasteiger partial charge in [-0.1, -0.05) is 18.2 Å². The lowest BCUT2D eigenvalue weighted by atomic mass is 10.2. The van der Waals surface area contributed by atoms with Gasteiger partial charge in [-0.15, -0.1) is 0 Å². The fourth-order valence-electron chi connectivity index (χ4n) is 1.94. The molecule has 0 radical (unpaired) electrons. The number of nitrogens with one attached hydrogen (secondary N) is 2. The van der Waals surface area contributed by atoms with E-state index in [1.807, 2.05) is 24.3 Å². The number of pyridine rings is 1. The Morgan fingerprint density at radius 3 is 2.75 bits per heavy atom. The number of aromatic nitrogens is 1. The predicted molar refractivity (Wildman–Crippen MR) is 76.0 cm³/mol. The second-order valence-electron chi connectivity index (χ2n) is 4.41. The molecule has 0 aliphatic rings. The summed E-state index contributed by atoms with van der Waals surface area (Å²) in [4.78, 5) is 26.0. The molecule has 2 rings (SSSR count). The normalized spacial score (nSPS) is 10.1. The molecule has 1 aromatic carbocycles. The summed E-state index contributed by atoms with van der Waals surface area (Å²) in [5, 5.41) is 2.77. The molecule has 2 aromatic rings. The Hall–Kier alpha value is -2.56. The van der Waals surface area contributed by atoms with Crippen LogP contribution in [0.2, 0.25) is 0 Å². The molecule has 1 aromatic heterocycles. The Bertz CT molecular complexity index is 677. The van der Waals surface area contributed by atoms with Crippen LogP contribution in [-0.4, -0.2) is 18.0 Å². The predicted octanol–water partition coefficient (Wildman–Crippen LogP) is 1.62. The van der Waals surface area contributed by atoms with Gasteiger partial charge in [-0.05, 0) is 19.1 Å². The minimum Gasteiger partial charge on any atom is -0.496 e. The highest BCUT2D eigenvalue weighted by molar-refractivity contribution is 5.94. The van der Waals surface area contributed by atoms with Gasteiger partial charge in [0.25, 0.3) is 5.91 Å². The van der Waals surface area contributed by atoms with Crippen molar-refractivity contribution in [1.29, 1.82) is 0 Å². The maximum atomic E-state index is 12.0. The molecule has 5 heteroatoms. The first-order valence-electron chi connectivity index (χ1n) is 6.21. The van der Waals surface area contributed by atoms with E-state index in [4.69, 9.17) is 4.74 Å². The zero-order chi connectivity index (χ0) is 14.5. The SMILES string of the molecule is COc1ccccc1CNC(=O)c1cc(C)[nH]c(=O)c1. The number of hydrogen-bond donors (Lipinski definition) is 2. The van der Waals surface area contributed by atoms with Crippen molar-refractivity contribution in [3.8, 4) is 5.75 Å². The van der Waals surface area contributed by atoms with Crippen molar-refractivity contribution < 1.29 is 9.53 Å². The van der Waals surface area contributed by atoms with Gasteiger partial charge in [-0.25, -0.2) is 0 Å². The molecule has 1 amide bonds. The largest absolute Gasteiger partial charge is 0.496 e. The van der Waals surface area contributed by atoms with E-state index in [9.17, 15) is 9.59 Å². The maximum Gasteiger partial charge on any atom is 0.251 e. The van der Waals surface area contributed by atoms with Gasteiger partial charge in [0.15, 0.2) is 0 Å². The first-order valence-corrected chi connectivity index (χ1v) is 6.21. The molecule has 0 saturated carbocycles. The van der Waals surface area contributed by atoms with E-state index in [-0.39, 0.29) is 11.5 Å². The molecule has 0 bridgehead atoms. The van der Waals surface area contributed by atoms with Crippen LogP contribution in [0.15, 0.2) is 41.2 Å². The Morgan fingerprint density at radius 2 is 2.05 bits per heavy atom. The van der Waals surface area contributed by atoms with E-state index < -0.39 is 0 Å². The molecule has 0 spiro atoms. The number of aromatic amines is 1. The number of methoxy groups -OCH3 is 1. The van der Waals surface area contributed by atoms with Crippen molar-refractivity contribution in [3.63, 3.8) is 0 Å². The quantitative estimate of drug-likeness (QED) is 0.888. The summed E-state index contributed by atoms with van der Waals surface area (Å²) in [6, 6.07) is 10.4. The van der Waals surface area contributed by atoms with Crippen molar-refractivity contribution >= 4 is 5.91 Å². The third-order valence-electron chi connectivity index (χ3n) is 2.87. The van der Waals surface area contributed by atoms with Crippen LogP contribution < -0.4 is 15.6 Å². The van der Waals surface area contributed by atoms with Crippen molar-refractivity contribution in [2.45, 2.75) is 13.5 Å². The Morgan fingerprint density at radius 1 is 1.30 bits per heavy atom. The summed E-state index contributed by atoms with van der Waals surface area (Å²) in [7, 11) is 1.58. The molecular formula is C15H16N2O3. The van der Waals surface area contributed by atoms with Crippen LogP contribution in [-0.2, 0) is 6.54 Å². The highest BCUT2D eigenvalue weighted by Gasteiger charge is 2.08. The second-order valence-corrected chi connectivity index (χ2v) is 4.41. The molecule has 2 N–H and O–H groups in total. The van der Waals surface area contributed by atoms with E-state index in [1.165, 1.54) is 6.07 Å². The Labute approximate surface area is 116 Å². The van der Waals surface area contributed by atoms with E-state index in [1.54, 1.807) is 20.1 Å². The van der Waals surface area contributed by atoms with Crippen LogP contribution >= 0.6 is 0 Å². The number of H-pyrrole nitrogens is 1. The average Bonchev–Trinajstić information content (AvgIpc) is 2.44. The number of amides is 1. The first-order chi connectivity index (χ1) is 9.60. The number of benzene rings is 1. The first kappa shape index (κ1) is 13.9. The molecule has 104 valence electrons. The van der Waals surface area contributed by atoms with Gasteiger partial charge >= 0.3 is 0 Å². The fourth-order valence-corrected chi connectivity index (χ4v) is 1.94. The number of aryl methyl sites for hydroxylation is 1. The zero-order valence-electron chi connectivity index (χ0n) is 11.4. The summed E-state index contributed by atoms with van der Waals surface area (Å²) in [6.45, 7) is 2.08. The topological polar surface area (TPSA) is 71.2 Å². The fraction of sp³-hybridized carbons (Fsp3) is 0.200. The monoisotopic (exact) mass is 272 g/mol. The number of hydrogen-bond acceptors (Lipinski definition) is 3. The minimum absolute atomic E-state index is 0.285. The summed E-state index contributed by atoms with van der Waals surface area (Å²) < 4.78 is 5.22. The molecule has 1 heterocycles. The third kappa shape index (κ3) is 3.26. The highest BCUT2D eigenvalue weighted by atomic mass is 16.5. The third-order valence-corrected chi connectivity index (χ3v) is 2.87. The van der Waals surface area contributed by atoms with Gasteiger partial charge in [-0.3, -0.25) is 9.59 Å². The standard InChI is InChI=1S/C15H16N2O3/c1-10-7-12(8-14(18)17-10)15(19)16-9-11-5-3-4-6-13(11)20-2/h3-8H,9H2,1-2H3,(H,16,19)(H,17,18). The summed E-state index contributed by atoms with van der Waals surface area (Å²) >= 11 is 0. The van der Waals surface area contributed by atoms with Gasteiger partial charge in [0.05, 0.1) is 7.11 Å². The molecule has 0 fully saturated rings. The number of carbonyl (C=O) groups is 1. The van der Waals surface area contributed by atoms with Crippen molar-refractivity contribution in [2.75, 3.05) is 7.11 Å². The van der Waals surface area contributed by atoms with Crippen LogP contribution in [0.4, 0.5) is 0 Å². The number of rotatable bonds is 4. The molecule has 0 atom stereocenters. The van der Waals surface area contributed by atoms with Gasteiger partial charge in [0.2, 0.25) is 5.56 Å². The van der Waals surface area contributed by atoms with Gasteiger partial charge in [0.1, 0.15) is 5.75 Å². The van der Waals surface area contributed by atoms with Crippen LogP contribution in [0, 0.1) is 6.92 Å². The van der Waals surface area contributed by atoms with E-state index in [0.717, 1.165) is 11.3 Å². The minimum atomic E-state index is -0.287. The molecule has 0 aliphatic heterocycles. The van der Waals surface area contributed by atoms with Gasteiger partial charge in [0, 0.05) is 29.4 Å². The lowest BCUT2D eigenvalue weighted by Gasteiger charge is -2.09. The van der Waals surface area contributed by atoms with Crippen LogP contribution in [0.25, 0.3) is 0 Å². The molecule has 0 unspecified atom stereocenters. The number of ether oxygens (including phenoxy) is 1. The molecule has 0 aliphatic carbocycles. The molecule has 20 heavy (non-hydrogen) atoms. The smallest absolute Gasteiger partial charge is 0.251 e. The Balaban J connectivity index is 2.10. The van der Waals surface area contributed by atoms with Crippen molar-refractivity contribution in [2.24, 2.45) is 0 Å². The second kappa shape index (κ2) is 6.06. The van der Waals surface area contributed by atoms with E-state index in [2.05, 4.69) is 10.3 Å². The van der Waals surface area contributed by atoms with Crippen molar-refractivity contribution in [1.82, 2.24) is 10.3 Å². The van der Waals surface area contributed by atoms with E-state index in [0.29, 0.717) is 17.8 Å². The Kier molecular flexibility index (Phi) is 4.20. The average molecular weight is 272 g/mol. The van der Waals surface area contributed by atoms with Crippen LogP contribution in [0.3, 0.4) is 0 Å². The molecular weight excluding hydrogens is 256 g/mol. The molecule has 5 nitrogen and oxygen atoms in total. The number of carbonyl (C=O) groups excluding carboxylic acids is 1. The lowest BCUT2D eigenvalue weighted by Crippen LogP contribution is -2.24. The van der Waals surface area contributed by atoms with E-state index >= 15 is 0 Å². The molecule has 0 saturated heterocycles. The number of para-hydroxylation sites is 1. The van der Waals surface area contributed by atoms with Crippen LogP contribution in [0.5, 0.6) is 5.75 Å². The van der Waals surface area contributed by atoms with Crippen LogP contribution in [0.1, 0.15) is 21.6 Å². The summed E-state index contributed by atoms with van der Waals surface area (Å²) in [5.74, 6) is 0.431. The zero-order valence-corrected chi connectivity index (χ0v) is 11.4. The van der Waals surface area contributed by atoms with Gasteiger partial charge < -0.3 is 15.0 Å².